The molecule has 0 saturated heterocycles. The van der Waals surface area contributed by atoms with E-state index >= 15 is 0 Å². The van der Waals surface area contributed by atoms with Gasteiger partial charge >= 0.3 is 0 Å². The van der Waals surface area contributed by atoms with Crippen LogP contribution in [0, 0.1) is 21.4 Å². The highest BCUT2D eigenvalue weighted by atomic mass is 16.6. The van der Waals surface area contributed by atoms with Crippen LogP contribution in [0.4, 0.5) is 0 Å². The van der Waals surface area contributed by atoms with E-state index in [2.05, 4.69) is 0 Å². The van der Waals surface area contributed by atoms with Gasteiger partial charge in [0.25, 0.3) is 0 Å². The van der Waals surface area contributed by atoms with Crippen LogP contribution in [-0.4, -0.2) is 23.7 Å². The Bertz CT molecular complexity index is 551. The number of ether oxygens (including phenoxy) is 2. The van der Waals surface area contributed by atoms with Crippen molar-refractivity contribution in [3.8, 4) is 6.07 Å². The Labute approximate surface area is 122 Å². The minimum Gasteiger partial charge on any atom is -0.483 e. The van der Waals surface area contributed by atoms with Crippen LogP contribution in [0.1, 0.15) is 18.4 Å². The zero-order chi connectivity index (χ0) is 15.1. The van der Waals surface area contributed by atoms with Crippen LogP contribution < -0.4 is 0 Å². The molecule has 110 valence electrons. The maximum absolute atomic E-state index is 11.2. The summed E-state index contributed by atoms with van der Waals surface area (Å²) in [5.41, 5.74) is 0.982. The first-order chi connectivity index (χ1) is 10.2. The Morgan fingerprint density at radius 3 is 2.81 bits per heavy atom. The molecule has 6 heteroatoms. The molecule has 1 aliphatic carbocycles. The first kappa shape index (κ1) is 15.0. The van der Waals surface area contributed by atoms with Crippen molar-refractivity contribution in [1.82, 2.24) is 0 Å². The van der Waals surface area contributed by atoms with E-state index in [1.165, 1.54) is 0 Å². The molecule has 0 radical (unpaired) electrons. The van der Waals surface area contributed by atoms with Crippen molar-refractivity contribution in [2.45, 2.75) is 31.6 Å². The molecular weight excluding hydrogens is 272 g/mol. The molecule has 0 heterocycles. The molecule has 0 N–H and O–H groups in total. The Hall–Kier alpha value is -2.39. The van der Waals surface area contributed by atoms with E-state index < -0.39 is 12.1 Å². The minimum absolute atomic E-state index is 0.0915. The molecule has 2 rings (SSSR count). The number of hydrogen-bond donors (Lipinski definition) is 0. The summed E-state index contributed by atoms with van der Waals surface area (Å²) in [6.07, 6.45) is 1.87. The third-order valence-electron chi connectivity index (χ3n) is 3.32. The lowest BCUT2D eigenvalue weighted by Gasteiger charge is -2.25. The van der Waals surface area contributed by atoms with E-state index in [9.17, 15) is 10.1 Å². The van der Waals surface area contributed by atoms with Crippen LogP contribution in [0.3, 0.4) is 0 Å². The van der Waals surface area contributed by atoms with Crippen molar-refractivity contribution in [3.63, 3.8) is 0 Å². The van der Waals surface area contributed by atoms with Crippen molar-refractivity contribution in [2.75, 3.05) is 6.61 Å². The third-order valence-corrected chi connectivity index (χ3v) is 3.32. The van der Waals surface area contributed by atoms with Gasteiger partial charge in [0.2, 0.25) is 6.04 Å². The molecule has 0 amide bonds. The number of nitro groups is 1. The summed E-state index contributed by atoms with van der Waals surface area (Å²) in [6, 6.07) is 10.6. The van der Waals surface area contributed by atoms with E-state index in [4.69, 9.17) is 14.7 Å². The van der Waals surface area contributed by atoms with E-state index in [1.54, 1.807) is 6.08 Å². The fourth-order valence-electron chi connectivity index (χ4n) is 2.24. The first-order valence-corrected chi connectivity index (χ1v) is 6.68. The molecule has 1 aliphatic rings. The van der Waals surface area contributed by atoms with Gasteiger partial charge in [-0.1, -0.05) is 30.3 Å². The summed E-state index contributed by atoms with van der Waals surface area (Å²) in [6.45, 7) is 0.254. The fourth-order valence-corrected chi connectivity index (χ4v) is 2.24. The van der Waals surface area contributed by atoms with E-state index in [1.807, 2.05) is 36.4 Å². The fraction of sp³-hybridized carbons (Fsp3) is 0.400. The maximum Gasteiger partial charge on any atom is 0.246 e. The lowest BCUT2D eigenvalue weighted by Crippen LogP contribution is -2.38. The Morgan fingerprint density at radius 2 is 2.14 bits per heavy atom. The second-order valence-electron chi connectivity index (χ2n) is 4.74. The standard InChI is InChI=1S/C15H16N2O4/c16-8-9-20-13-6-7-15(14(10-13)17(18)19)21-11-12-4-2-1-3-5-12/h1-6,14-15H,7,9-11H2. The second-order valence-corrected chi connectivity index (χ2v) is 4.74. The van der Waals surface area contributed by atoms with Gasteiger partial charge < -0.3 is 9.47 Å². The Morgan fingerprint density at radius 1 is 1.38 bits per heavy atom. The Balaban J connectivity index is 1.96. The highest BCUT2D eigenvalue weighted by Crippen LogP contribution is 2.25. The van der Waals surface area contributed by atoms with Crippen LogP contribution in [0.25, 0.3) is 0 Å². The van der Waals surface area contributed by atoms with Crippen molar-refractivity contribution in [1.29, 1.82) is 5.26 Å². The summed E-state index contributed by atoms with van der Waals surface area (Å²) in [5.74, 6) is 0.498. The SMILES string of the molecule is N#CCOC1=CCC(OCc2ccccc2)C([N+](=O)[O-])C1. The van der Waals surface area contributed by atoms with Crippen LogP contribution in [-0.2, 0) is 16.1 Å². The number of benzene rings is 1. The van der Waals surface area contributed by atoms with Gasteiger partial charge in [0, 0.05) is 11.3 Å². The van der Waals surface area contributed by atoms with Crippen molar-refractivity contribution >= 4 is 0 Å². The molecule has 2 unspecified atom stereocenters. The largest absolute Gasteiger partial charge is 0.483 e. The zero-order valence-electron chi connectivity index (χ0n) is 11.5. The molecule has 1 aromatic rings. The van der Waals surface area contributed by atoms with Gasteiger partial charge in [0.05, 0.1) is 13.0 Å². The topological polar surface area (TPSA) is 85.4 Å². The van der Waals surface area contributed by atoms with Gasteiger partial charge in [-0.25, -0.2) is 0 Å². The van der Waals surface area contributed by atoms with E-state index in [-0.39, 0.29) is 18.0 Å². The predicted molar refractivity (Wildman–Crippen MR) is 74.7 cm³/mol. The van der Waals surface area contributed by atoms with Gasteiger partial charge in [0.1, 0.15) is 17.9 Å². The maximum atomic E-state index is 11.2. The summed E-state index contributed by atoms with van der Waals surface area (Å²) < 4.78 is 10.9. The van der Waals surface area contributed by atoms with E-state index in [0.29, 0.717) is 18.8 Å². The molecule has 0 bridgehead atoms. The van der Waals surface area contributed by atoms with Crippen LogP contribution in [0.5, 0.6) is 0 Å². The number of nitriles is 1. The molecule has 2 atom stereocenters. The highest BCUT2D eigenvalue weighted by molar-refractivity contribution is 5.13. The Kier molecular flexibility index (Phi) is 5.29. The third kappa shape index (κ3) is 4.29. The quantitative estimate of drug-likeness (QED) is 0.592. The average molecular weight is 288 g/mol. The van der Waals surface area contributed by atoms with Gasteiger partial charge in [-0.2, -0.15) is 5.26 Å². The minimum atomic E-state index is -0.840. The predicted octanol–water partition coefficient (Wildman–Crippen LogP) is 2.43. The van der Waals surface area contributed by atoms with Crippen molar-refractivity contribution in [2.24, 2.45) is 0 Å². The monoisotopic (exact) mass is 288 g/mol. The molecule has 0 aromatic heterocycles. The molecule has 0 aliphatic heterocycles. The summed E-state index contributed by atoms with van der Waals surface area (Å²) in [7, 11) is 0. The number of nitrogens with zero attached hydrogens (tertiary/aromatic N) is 2. The van der Waals surface area contributed by atoms with Gasteiger partial charge in [-0.05, 0) is 11.6 Å². The number of rotatable bonds is 6. The van der Waals surface area contributed by atoms with Crippen molar-refractivity contribution in [3.05, 3.63) is 57.8 Å². The lowest BCUT2D eigenvalue weighted by atomic mass is 9.97. The number of hydrogen-bond acceptors (Lipinski definition) is 5. The van der Waals surface area contributed by atoms with Crippen LogP contribution >= 0.6 is 0 Å². The second kappa shape index (κ2) is 7.41. The van der Waals surface area contributed by atoms with Crippen LogP contribution in [0.2, 0.25) is 0 Å². The zero-order valence-corrected chi connectivity index (χ0v) is 11.5. The van der Waals surface area contributed by atoms with Gasteiger partial charge in [-0.15, -0.1) is 0 Å². The molecular formula is C15H16N2O4. The molecule has 0 spiro atoms. The molecule has 0 fully saturated rings. The normalized spacial score (nSPS) is 21.2. The smallest absolute Gasteiger partial charge is 0.246 e. The van der Waals surface area contributed by atoms with Crippen LogP contribution in [0.15, 0.2) is 42.2 Å². The first-order valence-electron chi connectivity index (χ1n) is 6.68. The molecule has 6 nitrogen and oxygen atoms in total. The van der Waals surface area contributed by atoms with Gasteiger partial charge in [-0.3, -0.25) is 10.1 Å². The summed E-state index contributed by atoms with van der Waals surface area (Å²) in [4.78, 5) is 10.8. The lowest BCUT2D eigenvalue weighted by molar-refractivity contribution is -0.536. The molecule has 21 heavy (non-hydrogen) atoms. The van der Waals surface area contributed by atoms with Crippen molar-refractivity contribution < 1.29 is 14.4 Å². The molecule has 1 aromatic carbocycles. The van der Waals surface area contributed by atoms with Gasteiger partial charge in [0.15, 0.2) is 6.61 Å². The van der Waals surface area contributed by atoms with E-state index in [0.717, 1.165) is 5.56 Å². The molecule has 0 saturated carbocycles. The average Bonchev–Trinajstić information content (AvgIpc) is 2.52. The highest BCUT2D eigenvalue weighted by Gasteiger charge is 2.36. The summed E-state index contributed by atoms with van der Waals surface area (Å²) >= 11 is 0. The summed E-state index contributed by atoms with van der Waals surface area (Å²) in [5, 5.41) is 19.6.